The van der Waals surface area contributed by atoms with Crippen LogP contribution in [0.4, 0.5) is 10.5 Å². The molecular formula is C14H16BrClN2O3. The molecule has 1 aliphatic rings. The minimum atomic E-state index is -1.17. The van der Waals surface area contributed by atoms with Crippen molar-refractivity contribution in [3.8, 4) is 0 Å². The van der Waals surface area contributed by atoms with Crippen LogP contribution in [0.5, 0.6) is 0 Å². The predicted molar refractivity (Wildman–Crippen MR) is 84.8 cm³/mol. The fourth-order valence-electron chi connectivity index (χ4n) is 2.52. The molecule has 5 nitrogen and oxygen atoms in total. The van der Waals surface area contributed by atoms with Crippen LogP contribution in [-0.4, -0.2) is 22.6 Å². The van der Waals surface area contributed by atoms with E-state index < -0.39 is 17.5 Å². The van der Waals surface area contributed by atoms with Gasteiger partial charge in [-0.1, -0.05) is 36.9 Å². The number of aliphatic carboxylic acids is 1. The van der Waals surface area contributed by atoms with Crippen LogP contribution in [-0.2, 0) is 4.79 Å². The van der Waals surface area contributed by atoms with Crippen molar-refractivity contribution in [2.24, 2.45) is 0 Å². The molecule has 0 unspecified atom stereocenters. The van der Waals surface area contributed by atoms with Crippen molar-refractivity contribution in [2.75, 3.05) is 5.32 Å². The molecule has 1 aromatic rings. The number of urea groups is 1. The summed E-state index contributed by atoms with van der Waals surface area (Å²) in [6, 6.07) is 4.54. The molecule has 1 saturated carbocycles. The summed E-state index contributed by atoms with van der Waals surface area (Å²) < 4.78 is 0.565. The molecule has 114 valence electrons. The summed E-state index contributed by atoms with van der Waals surface area (Å²) in [6.45, 7) is 0. The van der Waals surface area contributed by atoms with Crippen LogP contribution in [0.2, 0.25) is 5.02 Å². The minimum absolute atomic E-state index is 0.451. The first-order chi connectivity index (χ1) is 9.94. The van der Waals surface area contributed by atoms with Crippen molar-refractivity contribution in [2.45, 2.75) is 37.6 Å². The maximum atomic E-state index is 12.1. The Labute approximate surface area is 136 Å². The van der Waals surface area contributed by atoms with Crippen molar-refractivity contribution in [1.29, 1.82) is 0 Å². The Bertz CT molecular complexity index is 559. The van der Waals surface area contributed by atoms with Crippen molar-refractivity contribution >= 4 is 45.2 Å². The first-order valence-electron chi connectivity index (χ1n) is 6.71. The normalized spacial score (nSPS) is 17.0. The van der Waals surface area contributed by atoms with Gasteiger partial charge in [0, 0.05) is 0 Å². The highest BCUT2D eigenvalue weighted by atomic mass is 79.9. The lowest BCUT2D eigenvalue weighted by Gasteiger charge is -2.33. The molecule has 7 heteroatoms. The van der Waals surface area contributed by atoms with Crippen LogP contribution in [0.3, 0.4) is 0 Å². The van der Waals surface area contributed by atoms with E-state index in [1.807, 2.05) is 0 Å². The van der Waals surface area contributed by atoms with E-state index >= 15 is 0 Å². The molecule has 0 radical (unpaired) electrons. The molecule has 0 bridgehead atoms. The van der Waals surface area contributed by atoms with Crippen LogP contribution in [0.1, 0.15) is 32.1 Å². The van der Waals surface area contributed by atoms with Gasteiger partial charge in [0.05, 0.1) is 15.2 Å². The lowest BCUT2D eigenvalue weighted by atomic mass is 9.82. The van der Waals surface area contributed by atoms with Crippen LogP contribution < -0.4 is 10.6 Å². The van der Waals surface area contributed by atoms with E-state index in [0.29, 0.717) is 28.0 Å². The second-order valence-electron chi connectivity index (χ2n) is 5.13. The smallest absolute Gasteiger partial charge is 0.329 e. The Hall–Kier alpha value is -1.27. The summed E-state index contributed by atoms with van der Waals surface area (Å²) in [5.41, 5.74) is -0.677. The number of carbonyl (C=O) groups excluding carboxylic acids is 1. The van der Waals surface area contributed by atoms with Gasteiger partial charge >= 0.3 is 12.0 Å². The number of carbonyl (C=O) groups is 2. The largest absolute Gasteiger partial charge is 0.480 e. The highest BCUT2D eigenvalue weighted by Crippen LogP contribution is 2.31. The van der Waals surface area contributed by atoms with Gasteiger partial charge in [0.1, 0.15) is 5.54 Å². The maximum Gasteiger partial charge on any atom is 0.329 e. The van der Waals surface area contributed by atoms with Gasteiger partial charge in [-0.2, -0.15) is 0 Å². The molecule has 1 aliphatic carbocycles. The van der Waals surface area contributed by atoms with Crippen molar-refractivity contribution < 1.29 is 14.7 Å². The third kappa shape index (κ3) is 3.68. The first-order valence-corrected chi connectivity index (χ1v) is 7.88. The molecule has 2 rings (SSSR count). The lowest BCUT2D eigenvalue weighted by Crippen LogP contribution is -2.56. The molecule has 0 atom stereocenters. The van der Waals surface area contributed by atoms with E-state index in [1.54, 1.807) is 18.2 Å². The average molecular weight is 376 g/mol. The second-order valence-corrected chi connectivity index (χ2v) is 6.33. The third-order valence-corrected chi connectivity index (χ3v) is 5.07. The van der Waals surface area contributed by atoms with E-state index in [-0.39, 0.29) is 0 Å². The van der Waals surface area contributed by atoms with E-state index in [1.165, 1.54) is 0 Å². The molecule has 3 N–H and O–H groups in total. The van der Waals surface area contributed by atoms with Crippen molar-refractivity contribution in [3.63, 3.8) is 0 Å². The zero-order chi connectivity index (χ0) is 15.5. The van der Waals surface area contributed by atoms with Gasteiger partial charge in [0.2, 0.25) is 0 Å². The van der Waals surface area contributed by atoms with Gasteiger partial charge < -0.3 is 15.7 Å². The van der Waals surface area contributed by atoms with Gasteiger partial charge in [-0.25, -0.2) is 9.59 Å². The quantitative estimate of drug-likeness (QED) is 0.747. The molecule has 0 aromatic heterocycles. The maximum absolute atomic E-state index is 12.1. The van der Waals surface area contributed by atoms with Crippen LogP contribution in [0.25, 0.3) is 0 Å². The van der Waals surface area contributed by atoms with Crippen LogP contribution in [0.15, 0.2) is 22.7 Å². The van der Waals surface area contributed by atoms with Gasteiger partial charge in [0.25, 0.3) is 0 Å². The highest BCUT2D eigenvalue weighted by molar-refractivity contribution is 9.10. The monoisotopic (exact) mass is 374 g/mol. The van der Waals surface area contributed by atoms with E-state index in [4.69, 9.17) is 11.6 Å². The molecule has 0 heterocycles. The third-order valence-electron chi connectivity index (χ3n) is 3.67. The topological polar surface area (TPSA) is 78.4 Å². The number of anilines is 1. The molecular weight excluding hydrogens is 360 g/mol. The first kappa shape index (κ1) is 16.1. The van der Waals surface area contributed by atoms with Gasteiger partial charge in [-0.3, -0.25) is 0 Å². The Morgan fingerprint density at radius 3 is 2.52 bits per heavy atom. The van der Waals surface area contributed by atoms with Crippen molar-refractivity contribution in [3.05, 3.63) is 27.7 Å². The van der Waals surface area contributed by atoms with E-state index in [0.717, 1.165) is 19.3 Å². The SMILES string of the molecule is O=C(Nc1cccc(Cl)c1Br)NC1(C(=O)O)CCCCC1. The Morgan fingerprint density at radius 1 is 1.24 bits per heavy atom. The Balaban J connectivity index is 2.09. The molecule has 2 amide bonds. The average Bonchev–Trinajstić information content (AvgIpc) is 2.44. The fourth-order valence-corrected chi connectivity index (χ4v) is 3.06. The van der Waals surface area contributed by atoms with E-state index in [9.17, 15) is 14.7 Å². The summed E-state index contributed by atoms with van der Waals surface area (Å²) in [5.74, 6) is -0.984. The summed E-state index contributed by atoms with van der Waals surface area (Å²) in [4.78, 5) is 23.6. The zero-order valence-electron chi connectivity index (χ0n) is 11.3. The predicted octanol–water partition coefficient (Wildman–Crippen LogP) is 4.01. The summed E-state index contributed by atoms with van der Waals surface area (Å²) in [6.07, 6.45) is 3.50. The van der Waals surface area contributed by atoms with Crippen molar-refractivity contribution in [1.82, 2.24) is 5.32 Å². The van der Waals surface area contributed by atoms with Gasteiger partial charge in [0.15, 0.2) is 0 Å². The lowest BCUT2D eigenvalue weighted by molar-refractivity contribution is -0.145. The second kappa shape index (κ2) is 6.66. The minimum Gasteiger partial charge on any atom is -0.480 e. The van der Waals surface area contributed by atoms with Gasteiger partial charge in [-0.05, 0) is 40.9 Å². The van der Waals surface area contributed by atoms with Gasteiger partial charge in [-0.15, -0.1) is 0 Å². The van der Waals surface area contributed by atoms with Crippen LogP contribution in [0, 0.1) is 0 Å². The Kier molecular flexibility index (Phi) is 5.11. The molecule has 1 aromatic carbocycles. The number of benzene rings is 1. The standard InChI is InChI=1S/C14H16BrClN2O3/c15-11-9(16)5-4-6-10(11)17-13(21)18-14(12(19)20)7-2-1-3-8-14/h4-6H,1-3,7-8H2,(H,19,20)(H2,17,18,21). The number of hydrogen-bond donors (Lipinski definition) is 3. The number of amides is 2. The number of nitrogens with one attached hydrogen (secondary N) is 2. The highest BCUT2D eigenvalue weighted by Gasteiger charge is 2.41. The molecule has 1 fully saturated rings. The Morgan fingerprint density at radius 2 is 1.90 bits per heavy atom. The molecule has 0 saturated heterocycles. The molecule has 0 spiro atoms. The molecule has 21 heavy (non-hydrogen) atoms. The number of halogens is 2. The zero-order valence-corrected chi connectivity index (χ0v) is 13.6. The van der Waals surface area contributed by atoms with Crippen LogP contribution >= 0.6 is 27.5 Å². The number of carboxylic acids is 1. The summed E-state index contributed by atoms with van der Waals surface area (Å²) in [5, 5.41) is 15.1. The number of carboxylic acid groups (broad SMARTS) is 1. The molecule has 0 aliphatic heterocycles. The number of hydrogen-bond acceptors (Lipinski definition) is 2. The van der Waals surface area contributed by atoms with E-state index in [2.05, 4.69) is 26.6 Å². The summed E-state index contributed by atoms with van der Waals surface area (Å²) >= 11 is 9.24. The summed E-state index contributed by atoms with van der Waals surface area (Å²) in [7, 11) is 0. The number of rotatable bonds is 3. The fraction of sp³-hybridized carbons (Fsp3) is 0.429.